The van der Waals surface area contributed by atoms with Gasteiger partial charge in [-0.3, -0.25) is 0 Å². The van der Waals surface area contributed by atoms with E-state index in [1.165, 1.54) is 19.7 Å². The Hall–Kier alpha value is -3.51. The number of hydrogen-bond acceptors (Lipinski definition) is 7. The van der Waals surface area contributed by atoms with Gasteiger partial charge in [0.15, 0.2) is 17.5 Å². The molecule has 2 aromatic carbocycles. The number of rotatable bonds is 7. The number of methoxy groups -OCH3 is 1. The Morgan fingerprint density at radius 2 is 1.97 bits per heavy atom. The lowest BCUT2D eigenvalue weighted by Gasteiger charge is -2.18. The predicted octanol–water partition coefficient (Wildman–Crippen LogP) is 4.40. The van der Waals surface area contributed by atoms with E-state index in [0.29, 0.717) is 5.69 Å². The number of hydrogen-bond donors (Lipinski definition) is 3. The third-order valence-corrected chi connectivity index (χ3v) is 5.84. The molecule has 1 amide bonds. The van der Waals surface area contributed by atoms with Crippen LogP contribution in [0.25, 0.3) is 11.4 Å². The van der Waals surface area contributed by atoms with Crippen LogP contribution < -0.4 is 10.1 Å². The van der Waals surface area contributed by atoms with Gasteiger partial charge >= 0.3 is 6.09 Å². The Morgan fingerprint density at radius 3 is 2.70 bits per heavy atom. The molecule has 0 saturated heterocycles. The van der Waals surface area contributed by atoms with E-state index in [1.807, 2.05) is 0 Å². The fourth-order valence-corrected chi connectivity index (χ4v) is 4.31. The molecule has 9 nitrogen and oxygen atoms in total. The molecule has 3 aromatic rings. The van der Waals surface area contributed by atoms with Gasteiger partial charge in [0.05, 0.1) is 19.3 Å². The average molecular weight is 480 g/mol. The minimum Gasteiger partial charge on any atom is -0.496 e. The molecule has 0 unspecified atom stereocenters. The van der Waals surface area contributed by atoms with E-state index in [9.17, 15) is 18.1 Å². The number of halogens is 2. The lowest BCUT2D eigenvalue weighted by molar-refractivity contribution is 0.164. The number of amides is 1. The van der Waals surface area contributed by atoms with Crippen LogP contribution in [0.3, 0.4) is 0 Å². The fourth-order valence-electron chi connectivity index (χ4n) is 2.94. The Bertz CT molecular complexity index is 1220. The van der Waals surface area contributed by atoms with Gasteiger partial charge in [0, 0.05) is 17.5 Å². The van der Waals surface area contributed by atoms with Gasteiger partial charge < -0.3 is 19.3 Å². The van der Waals surface area contributed by atoms with Crippen LogP contribution in [0.5, 0.6) is 5.75 Å². The predicted molar refractivity (Wildman–Crippen MR) is 122 cm³/mol. The second-order valence-corrected chi connectivity index (χ2v) is 9.66. The topological polar surface area (TPSA) is 119 Å². The first kappa shape index (κ1) is 24.1. The molecule has 3 rings (SSSR count). The summed E-state index contributed by atoms with van der Waals surface area (Å²) in [5.74, 6) is -1.63. The molecular formula is C21H23F2N5O4S. The summed E-state index contributed by atoms with van der Waals surface area (Å²) < 4.78 is 51.4. The van der Waals surface area contributed by atoms with E-state index in [-0.39, 0.29) is 35.4 Å². The molecule has 0 atom stereocenters. The molecule has 0 aliphatic heterocycles. The molecule has 0 aliphatic carbocycles. The van der Waals surface area contributed by atoms with Gasteiger partial charge in [0.2, 0.25) is 5.95 Å². The van der Waals surface area contributed by atoms with E-state index in [1.54, 1.807) is 31.2 Å². The number of ether oxygens (including phenoxy) is 2. The average Bonchev–Trinajstić information content (AvgIpc) is 2.75. The summed E-state index contributed by atoms with van der Waals surface area (Å²) in [6.07, 6.45) is 1.94. The zero-order chi connectivity index (χ0) is 24.0. The van der Waals surface area contributed by atoms with Crippen molar-refractivity contribution in [2.75, 3.05) is 25.3 Å². The van der Waals surface area contributed by atoms with E-state index < -0.39 is 27.8 Å². The molecule has 0 aliphatic rings. The molecular weight excluding hydrogens is 456 g/mol. The highest BCUT2D eigenvalue weighted by Crippen LogP contribution is 2.30. The van der Waals surface area contributed by atoms with Gasteiger partial charge in [-0.1, -0.05) is 22.2 Å². The summed E-state index contributed by atoms with van der Waals surface area (Å²) in [6, 6.07) is 8.90. The van der Waals surface area contributed by atoms with Gasteiger partial charge in [0.1, 0.15) is 12.1 Å². The first-order valence-corrected chi connectivity index (χ1v) is 12.1. The van der Waals surface area contributed by atoms with Crippen molar-refractivity contribution in [1.82, 2.24) is 15.0 Å². The van der Waals surface area contributed by atoms with Gasteiger partial charge in [-0.15, -0.1) is 0 Å². The summed E-state index contributed by atoms with van der Waals surface area (Å²) >= 11 is 0. The van der Waals surface area contributed by atoms with Crippen LogP contribution >= 0.6 is 0 Å². The van der Waals surface area contributed by atoms with Crippen LogP contribution in [0.1, 0.15) is 12.5 Å². The van der Waals surface area contributed by atoms with E-state index in [4.69, 9.17) is 9.47 Å². The van der Waals surface area contributed by atoms with Crippen molar-refractivity contribution in [2.24, 2.45) is 4.36 Å². The molecule has 176 valence electrons. The molecule has 12 heteroatoms. The maximum absolute atomic E-state index is 13.8. The van der Waals surface area contributed by atoms with Crippen molar-refractivity contribution in [3.63, 3.8) is 0 Å². The third kappa shape index (κ3) is 6.49. The van der Waals surface area contributed by atoms with E-state index >= 15 is 0 Å². The molecule has 0 fully saturated rings. The number of carbonyl (C=O) groups excluding carboxylic acids is 1. The van der Waals surface area contributed by atoms with Crippen LogP contribution in [0.2, 0.25) is 0 Å². The zero-order valence-electron chi connectivity index (χ0n) is 18.1. The number of nitrogens with one attached hydrogen (secondary N) is 1. The molecule has 0 spiro atoms. The van der Waals surface area contributed by atoms with Crippen LogP contribution in [0.4, 0.5) is 25.2 Å². The summed E-state index contributed by atoms with van der Waals surface area (Å²) in [6.45, 7) is 1.83. The molecule has 1 heterocycles. The maximum Gasteiger partial charge on any atom is 0.439 e. The van der Waals surface area contributed by atoms with Crippen molar-refractivity contribution in [3.8, 4) is 17.1 Å². The lowest BCUT2D eigenvalue weighted by atomic mass is 10.1. The third-order valence-electron chi connectivity index (χ3n) is 4.29. The first-order valence-electron chi connectivity index (χ1n) is 9.77. The molecule has 0 saturated carbocycles. The smallest absolute Gasteiger partial charge is 0.439 e. The Kier molecular flexibility index (Phi) is 7.61. The zero-order valence-corrected chi connectivity index (χ0v) is 19.0. The van der Waals surface area contributed by atoms with E-state index in [2.05, 4.69) is 24.6 Å². The van der Waals surface area contributed by atoms with Crippen LogP contribution in [0.15, 0.2) is 47.1 Å². The molecule has 1 aromatic heterocycles. The van der Waals surface area contributed by atoms with Crippen LogP contribution in [0, 0.1) is 11.6 Å². The van der Waals surface area contributed by atoms with Gasteiger partial charge in [-0.25, -0.2) is 23.5 Å². The highest BCUT2D eigenvalue weighted by Gasteiger charge is 2.15. The van der Waals surface area contributed by atoms with E-state index in [0.717, 1.165) is 17.7 Å². The quantitative estimate of drug-likeness (QED) is 0.427. The highest BCUT2D eigenvalue weighted by molar-refractivity contribution is 7.98. The SMILES string of the molecule is CCOC(=O)N=[SH](C)(O)Cc1cccc(Nc2ncnc(-c3cc(F)c(F)cc3OC)n2)c1. The Morgan fingerprint density at radius 1 is 1.21 bits per heavy atom. The molecule has 33 heavy (non-hydrogen) atoms. The van der Waals surface area contributed by atoms with Crippen molar-refractivity contribution >= 4 is 27.8 Å². The molecule has 0 radical (unpaired) electrons. The number of thiol groups is 1. The van der Waals surface area contributed by atoms with Crippen molar-refractivity contribution in [2.45, 2.75) is 12.7 Å². The monoisotopic (exact) mass is 479 g/mol. The standard InChI is InChI=1S/C21H23F2N5O4S/c1-4-32-21(29)28-33(3,30)11-13-6-5-7-14(8-13)26-20-25-12-24-19(27-20)15-9-16(22)17(23)10-18(15)31-2/h5-10,12,33H,4,11H2,1-3H3,(H,28,29,30)(H,24,25,26,27). The number of benzene rings is 2. The molecule has 2 N–H and O–H groups in total. The van der Waals surface area contributed by atoms with Gasteiger partial charge in [-0.05, 0) is 36.9 Å². The number of aromatic nitrogens is 3. The first-order chi connectivity index (χ1) is 15.7. The summed E-state index contributed by atoms with van der Waals surface area (Å²) in [5, 5.41) is 3.00. The Labute approximate surface area is 190 Å². The van der Waals surface area contributed by atoms with Crippen LogP contribution in [-0.2, 0) is 20.6 Å². The van der Waals surface area contributed by atoms with Crippen molar-refractivity contribution in [3.05, 3.63) is 59.9 Å². The summed E-state index contributed by atoms with van der Waals surface area (Å²) in [7, 11) is -1.59. The number of nitrogens with zero attached hydrogens (tertiary/aromatic N) is 4. The van der Waals surface area contributed by atoms with Crippen molar-refractivity contribution < 1.29 is 27.6 Å². The minimum absolute atomic E-state index is 0.0737. The summed E-state index contributed by atoms with van der Waals surface area (Å²) in [4.78, 5) is 23.9. The van der Waals surface area contributed by atoms with Gasteiger partial charge in [0.25, 0.3) is 0 Å². The second-order valence-electron chi connectivity index (χ2n) is 6.97. The number of anilines is 2. The minimum atomic E-state index is -2.92. The normalized spacial score (nSPS) is 11.6. The second kappa shape index (κ2) is 10.4. The largest absolute Gasteiger partial charge is 0.496 e. The van der Waals surface area contributed by atoms with Crippen LogP contribution in [-0.4, -0.2) is 45.6 Å². The maximum atomic E-state index is 13.8. The number of carbonyl (C=O) groups is 1. The van der Waals surface area contributed by atoms with Gasteiger partial charge in [-0.2, -0.15) is 9.35 Å². The lowest BCUT2D eigenvalue weighted by Crippen LogP contribution is -2.14. The fraction of sp³-hybridized carbons (Fsp3) is 0.238. The Balaban J connectivity index is 1.83. The molecule has 0 bridgehead atoms. The summed E-state index contributed by atoms with van der Waals surface area (Å²) in [5.41, 5.74) is 1.48. The highest BCUT2D eigenvalue weighted by atomic mass is 32.3. The van der Waals surface area contributed by atoms with Crippen molar-refractivity contribution in [1.29, 1.82) is 0 Å².